The van der Waals surface area contributed by atoms with Gasteiger partial charge < -0.3 is 18.6 Å². The van der Waals surface area contributed by atoms with E-state index in [0.29, 0.717) is 56.2 Å². The predicted molar refractivity (Wildman–Crippen MR) is 121 cm³/mol. The van der Waals surface area contributed by atoms with E-state index in [1.54, 1.807) is 35.2 Å². The Morgan fingerprint density at radius 2 is 1.97 bits per heavy atom. The third-order valence-electron chi connectivity index (χ3n) is 5.70. The summed E-state index contributed by atoms with van der Waals surface area (Å²) in [4.78, 5) is 21.2. The lowest BCUT2D eigenvalue weighted by Crippen LogP contribution is -2.42. The molecule has 1 saturated heterocycles. The predicted octanol–water partition coefficient (Wildman–Crippen LogP) is 4.11. The van der Waals surface area contributed by atoms with Gasteiger partial charge >= 0.3 is 0 Å². The minimum atomic E-state index is -0.127. The van der Waals surface area contributed by atoms with Crippen LogP contribution in [-0.2, 0) is 11.3 Å². The first-order valence-corrected chi connectivity index (χ1v) is 10.7. The van der Waals surface area contributed by atoms with Crippen molar-refractivity contribution < 1.29 is 13.6 Å². The van der Waals surface area contributed by atoms with Crippen LogP contribution in [-0.4, -0.2) is 35.4 Å². The summed E-state index contributed by atoms with van der Waals surface area (Å²) in [6.07, 6.45) is 4.53. The van der Waals surface area contributed by atoms with Gasteiger partial charge in [0.05, 0.1) is 17.9 Å². The fourth-order valence-electron chi connectivity index (χ4n) is 3.99. The Morgan fingerprint density at radius 3 is 2.58 bits per heavy atom. The highest BCUT2D eigenvalue weighted by Gasteiger charge is 2.31. The number of hydrogen-bond donors (Lipinski definition) is 0. The van der Waals surface area contributed by atoms with Crippen LogP contribution in [0.25, 0.3) is 11.7 Å². The molecular weight excluding hydrogens is 418 g/mol. The molecule has 0 saturated carbocycles. The molecule has 1 aliphatic rings. The number of anilines is 1. The van der Waals surface area contributed by atoms with E-state index < -0.39 is 0 Å². The molecule has 8 heteroatoms. The van der Waals surface area contributed by atoms with Crippen LogP contribution in [0.15, 0.2) is 64.2 Å². The molecule has 1 aromatic carbocycles. The average Bonchev–Trinajstić information content (AvgIpc) is 3.54. The summed E-state index contributed by atoms with van der Waals surface area (Å²) in [7, 11) is 0. The van der Waals surface area contributed by atoms with E-state index in [0.717, 1.165) is 5.56 Å². The van der Waals surface area contributed by atoms with Crippen LogP contribution in [0.1, 0.15) is 29.7 Å². The van der Waals surface area contributed by atoms with E-state index in [2.05, 4.69) is 23.7 Å². The summed E-state index contributed by atoms with van der Waals surface area (Å²) in [5.74, 6) is 1.09. The minimum absolute atomic E-state index is 0.0771. The number of nitriles is 2. The number of carbonyl (C=O) groups is 1. The van der Waals surface area contributed by atoms with Gasteiger partial charge in [-0.15, -0.1) is 6.58 Å². The summed E-state index contributed by atoms with van der Waals surface area (Å²) in [5, 5.41) is 18.5. The molecule has 1 fully saturated rings. The number of rotatable bonds is 7. The highest BCUT2D eigenvalue weighted by molar-refractivity contribution is 5.79. The van der Waals surface area contributed by atoms with Gasteiger partial charge in [-0.25, -0.2) is 0 Å². The first-order chi connectivity index (χ1) is 16.1. The number of oxazole rings is 1. The van der Waals surface area contributed by atoms with Crippen molar-refractivity contribution in [2.75, 3.05) is 24.5 Å². The van der Waals surface area contributed by atoms with Crippen molar-refractivity contribution in [1.82, 2.24) is 9.88 Å². The number of amides is 1. The molecule has 4 rings (SSSR count). The first kappa shape index (κ1) is 21.9. The van der Waals surface area contributed by atoms with E-state index in [9.17, 15) is 10.1 Å². The fourth-order valence-corrected chi connectivity index (χ4v) is 3.99. The minimum Gasteiger partial charge on any atom is -0.459 e. The van der Waals surface area contributed by atoms with Gasteiger partial charge in [-0.3, -0.25) is 4.79 Å². The molecule has 1 aliphatic heterocycles. The van der Waals surface area contributed by atoms with Crippen LogP contribution in [0.2, 0.25) is 0 Å². The van der Waals surface area contributed by atoms with Gasteiger partial charge in [-0.2, -0.15) is 15.5 Å². The van der Waals surface area contributed by atoms with Crippen molar-refractivity contribution in [3.8, 4) is 23.8 Å². The number of aromatic nitrogens is 1. The number of benzene rings is 1. The van der Waals surface area contributed by atoms with Crippen LogP contribution in [0.4, 0.5) is 5.88 Å². The molecule has 3 heterocycles. The van der Waals surface area contributed by atoms with Gasteiger partial charge in [0.2, 0.25) is 17.5 Å². The summed E-state index contributed by atoms with van der Waals surface area (Å²) < 4.78 is 11.2. The second kappa shape index (κ2) is 9.88. The molecular formula is C25H23N5O3. The highest BCUT2D eigenvalue weighted by Crippen LogP contribution is 2.31. The normalized spacial score (nSPS) is 13.8. The lowest BCUT2D eigenvalue weighted by atomic mass is 9.95. The van der Waals surface area contributed by atoms with E-state index in [4.69, 9.17) is 14.1 Å². The summed E-state index contributed by atoms with van der Waals surface area (Å²) in [5.41, 5.74) is 1.76. The Balaban J connectivity index is 1.42. The molecule has 0 bridgehead atoms. The highest BCUT2D eigenvalue weighted by atomic mass is 16.4. The van der Waals surface area contributed by atoms with Crippen LogP contribution in [0.5, 0.6) is 0 Å². The number of carbonyl (C=O) groups excluding carboxylic acids is 1. The zero-order chi connectivity index (χ0) is 23.2. The number of piperidine rings is 1. The molecule has 0 unspecified atom stereocenters. The maximum Gasteiger partial charge on any atom is 0.266 e. The molecule has 33 heavy (non-hydrogen) atoms. The maximum absolute atomic E-state index is 13.2. The standard InChI is InChI=1S/C25H23N5O3/c1-2-11-30(17-19-7-5-18(15-26)6-8-19)24(31)20-9-12-29(13-10-20)25-21(16-27)28-23(33-25)22-4-3-14-32-22/h2-8,14,20H,1,9-13,17H2. The van der Waals surface area contributed by atoms with Crippen molar-refractivity contribution in [1.29, 1.82) is 10.5 Å². The molecule has 0 aliphatic carbocycles. The molecule has 0 atom stereocenters. The largest absolute Gasteiger partial charge is 0.459 e. The molecule has 0 radical (unpaired) electrons. The number of nitrogens with zero attached hydrogens (tertiary/aromatic N) is 5. The molecule has 0 spiro atoms. The van der Waals surface area contributed by atoms with E-state index in [-0.39, 0.29) is 23.4 Å². The average molecular weight is 441 g/mol. The number of hydrogen-bond acceptors (Lipinski definition) is 7. The lowest BCUT2D eigenvalue weighted by Gasteiger charge is -2.34. The first-order valence-electron chi connectivity index (χ1n) is 10.7. The van der Waals surface area contributed by atoms with Gasteiger partial charge in [-0.05, 0) is 42.7 Å². The Kier molecular flexibility index (Phi) is 6.56. The van der Waals surface area contributed by atoms with E-state index in [1.165, 1.54) is 6.26 Å². The van der Waals surface area contributed by atoms with Crippen molar-refractivity contribution >= 4 is 11.8 Å². The second-order valence-electron chi connectivity index (χ2n) is 7.84. The zero-order valence-corrected chi connectivity index (χ0v) is 18.1. The summed E-state index contributed by atoms with van der Waals surface area (Å²) in [6.45, 7) is 5.86. The van der Waals surface area contributed by atoms with E-state index in [1.807, 2.05) is 17.0 Å². The molecule has 3 aromatic rings. The monoisotopic (exact) mass is 441 g/mol. The quantitative estimate of drug-likeness (QED) is 0.507. The number of furan rings is 1. The van der Waals surface area contributed by atoms with Crippen LogP contribution >= 0.6 is 0 Å². The third-order valence-corrected chi connectivity index (χ3v) is 5.70. The molecule has 166 valence electrons. The van der Waals surface area contributed by atoms with Crippen molar-refractivity contribution in [3.63, 3.8) is 0 Å². The molecule has 8 nitrogen and oxygen atoms in total. The van der Waals surface area contributed by atoms with Gasteiger partial charge in [0.25, 0.3) is 5.89 Å². The zero-order valence-electron chi connectivity index (χ0n) is 18.1. The molecule has 2 aromatic heterocycles. The van der Waals surface area contributed by atoms with Gasteiger partial charge in [-0.1, -0.05) is 18.2 Å². The Labute approximate surface area is 192 Å². The summed E-state index contributed by atoms with van der Waals surface area (Å²) in [6, 6.07) is 14.9. The molecule has 1 amide bonds. The Bertz CT molecular complexity index is 1190. The topological polar surface area (TPSA) is 110 Å². The Morgan fingerprint density at radius 1 is 1.21 bits per heavy atom. The van der Waals surface area contributed by atoms with E-state index >= 15 is 0 Å². The second-order valence-corrected chi connectivity index (χ2v) is 7.84. The smallest absolute Gasteiger partial charge is 0.266 e. The van der Waals surface area contributed by atoms with Crippen molar-refractivity contribution in [2.45, 2.75) is 19.4 Å². The Hall–Kier alpha value is -4.30. The van der Waals surface area contributed by atoms with Gasteiger partial charge in [0.15, 0.2) is 5.76 Å². The maximum atomic E-state index is 13.2. The lowest BCUT2D eigenvalue weighted by molar-refractivity contribution is -0.136. The van der Waals surface area contributed by atoms with Crippen molar-refractivity contribution in [2.24, 2.45) is 5.92 Å². The SMILES string of the molecule is C=CCN(Cc1ccc(C#N)cc1)C(=O)C1CCN(c2oc(-c3ccco3)nc2C#N)CC1. The fraction of sp³-hybridized carbons (Fsp3) is 0.280. The van der Waals surface area contributed by atoms with Gasteiger partial charge in [0, 0.05) is 32.1 Å². The molecule has 0 N–H and O–H groups in total. The van der Waals surface area contributed by atoms with Crippen LogP contribution in [0, 0.1) is 28.6 Å². The van der Waals surface area contributed by atoms with Crippen molar-refractivity contribution in [3.05, 3.63) is 72.1 Å². The van der Waals surface area contributed by atoms with Gasteiger partial charge in [0.1, 0.15) is 6.07 Å². The van der Waals surface area contributed by atoms with Crippen LogP contribution < -0.4 is 4.90 Å². The third kappa shape index (κ3) is 4.81. The van der Waals surface area contributed by atoms with Crippen LogP contribution in [0.3, 0.4) is 0 Å². The summed E-state index contributed by atoms with van der Waals surface area (Å²) >= 11 is 0.